The second kappa shape index (κ2) is 12.1. The quantitative estimate of drug-likeness (QED) is 0.383. The SMILES string of the molecule is C[C@H](CC1(c2nn(C)c(=O)[nH]2)c2ccc(C(=O)N(C)C)cc2CCc2cc(C(=O)N(C)C)ccc21)NCC(=O)N1C(C#N)C[C@@H]2C[C@@H]21. The number of carbonyl (C=O) groups excluding carboxylic acids is 3. The number of likely N-dealkylation sites (tertiary alicyclic amines) is 1. The number of fused-ring (bicyclic) bond motifs is 3. The zero-order valence-corrected chi connectivity index (χ0v) is 27.8. The highest BCUT2D eigenvalue weighted by molar-refractivity contribution is 5.95. The monoisotopic (exact) mass is 638 g/mol. The van der Waals surface area contributed by atoms with Gasteiger partial charge in [0.2, 0.25) is 5.91 Å². The first-order valence-corrected chi connectivity index (χ1v) is 16.1. The minimum atomic E-state index is -0.999. The Bertz CT molecular complexity index is 1780. The van der Waals surface area contributed by atoms with Gasteiger partial charge in [-0.25, -0.2) is 9.48 Å². The van der Waals surface area contributed by atoms with Crippen LogP contribution < -0.4 is 11.0 Å². The Morgan fingerprint density at radius 2 is 1.60 bits per heavy atom. The summed E-state index contributed by atoms with van der Waals surface area (Å²) in [6.45, 7) is 2.07. The molecular weight excluding hydrogens is 596 g/mol. The third-order valence-corrected chi connectivity index (χ3v) is 10.0. The molecule has 6 rings (SSSR count). The van der Waals surface area contributed by atoms with Crippen LogP contribution in [0.1, 0.15) is 75.0 Å². The third kappa shape index (κ3) is 5.63. The summed E-state index contributed by atoms with van der Waals surface area (Å²) in [6, 6.07) is 13.2. The molecule has 1 saturated carbocycles. The van der Waals surface area contributed by atoms with Crippen LogP contribution in [0.15, 0.2) is 41.2 Å². The Labute approximate surface area is 274 Å². The average molecular weight is 639 g/mol. The van der Waals surface area contributed by atoms with E-state index in [1.54, 1.807) is 49.9 Å². The number of nitrogens with one attached hydrogen (secondary N) is 2. The van der Waals surface area contributed by atoms with Gasteiger partial charge in [-0.05, 0) is 91.5 Å². The summed E-state index contributed by atoms with van der Waals surface area (Å²) < 4.78 is 1.28. The van der Waals surface area contributed by atoms with Crippen LogP contribution in [0.2, 0.25) is 0 Å². The number of aryl methyl sites for hydroxylation is 3. The van der Waals surface area contributed by atoms with Gasteiger partial charge in [0.1, 0.15) is 11.9 Å². The molecule has 1 unspecified atom stereocenters. The summed E-state index contributed by atoms with van der Waals surface area (Å²) in [4.78, 5) is 60.3. The van der Waals surface area contributed by atoms with E-state index in [4.69, 9.17) is 5.10 Å². The molecule has 12 heteroatoms. The molecule has 2 aliphatic carbocycles. The molecule has 2 aromatic carbocycles. The highest BCUT2D eigenvalue weighted by Crippen LogP contribution is 2.48. The van der Waals surface area contributed by atoms with Crippen molar-refractivity contribution >= 4 is 17.7 Å². The first-order chi connectivity index (χ1) is 22.3. The first-order valence-electron chi connectivity index (χ1n) is 16.1. The molecule has 4 atom stereocenters. The van der Waals surface area contributed by atoms with Gasteiger partial charge in [-0.1, -0.05) is 12.1 Å². The lowest BCUT2D eigenvalue weighted by molar-refractivity contribution is -0.131. The van der Waals surface area contributed by atoms with Gasteiger partial charge in [0.15, 0.2) is 0 Å². The number of carbonyl (C=O) groups is 3. The normalized spacial score (nSPS) is 21.0. The topological polar surface area (TPSA) is 147 Å². The highest BCUT2D eigenvalue weighted by Gasteiger charge is 2.54. The summed E-state index contributed by atoms with van der Waals surface area (Å²) in [5.41, 5.74) is 3.43. The number of hydrogen-bond acceptors (Lipinski definition) is 7. The summed E-state index contributed by atoms with van der Waals surface area (Å²) in [7, 11) is 8.47. The number of amides is 3. The molecule has 2 N–H and O–H groups in total. The Kier molecular flexibility index (Phi) is 8.30. The number of aromatic nitrogens is 3. The third-order valence-electron chi connectivity index (χ3n) is 10.0. The molecule has 3 amide bonds. The maximum Gasteiger partial charge on any atom is 0.343 e. The Morgan fingerprint density at radius 3 is 2.09 bits per heavy atom. The number of H-pyrrole nitrogens is 1. The Balaban J connectivity index is 1.46. The smallest absolute Gasteiger partial charge is 0.343 e. The fraction of sp³-hybridized carbons (Fsp3) is 0.486. The number of nitriles is 1. The molecule has 3 aromatic rings. The second-order valence-corrected chi connectivity index (χ2v) is 13.7. The lowest BCUT2D eigenvalue weighted by Gasteiger charge is -2.37. The van der Waals surface area contributed by atoms with Crippen molar-refractivity contribution in [2.45, 2.75) is 62.6 Å². The predicted octanol–water partition coefficient (Wildman–Crippen LogP) is 1.83. The molecule has 3 aliphatic rings. The molecule has 2 heterocycles. The van der Waals surface area contributed by atoms with Gasteiger partial charge in [-0.15, -0.1) is 0 Å². The van der Waals surface area contributed by atoms with Gasteiger partial charge in [-0.2, -0.15) is 10.4 Å². The maximum absolute atomic E-state index is 13.4. The lowest BCUT2D eigenvalue weighted by atomic mass is 9.67. The van der Waals surface area contributed by atoms with Crippen molar-refractivity contribution in [2.75, 3.05) is 34.7 Å². The van der Waals surface area contributed by atoms with Crippen LogP contribution in [-0.2, 0) is 30.1 Å². The number of benzene rings is 2. The summed E-state index contributed by atoms with van der Waals surface area (Å²) >= 11 is 0. The summed E-state index contributed by atoms with van der Waals surface area (Å²) in [5.74, 6) is 0.549. The van der Waals surface area contributed by atoms with E-state index >= 15 is 0 Å². The fourth-order valence-corrected chi connectivity index (χ4v) is 7.61. The Hall–Kier alpha value is -4.76. The zero-order valence-electron chi connectivity index (χ0n) is 27.8. The van der Waals surface area contributed by atoms with Gasteiger partial charge in [0.05, 0.1) is 18.0 Å². The van der Waals surface area contributed by atoms with Gasteiger partial charge in [0.25, 0.3) is 11.8 Å². The first kappa shape index (κ1) is 32.2. The van der Waals surface area contributed by atoms with E-state index in [2.05, 4.69) is 16.4 Å². The van der Waals surface area contributed by atoms with Gasteiger partial charge in [0, 0.05) is 58.4 Å². The number of hydrogen-bond donors (Lipinski definition) is 2. The van der Waals surface area contributed by atoms with Crippen molar-refractivity contribution in [2.24, 2.45) is 13.0 Å². The average Bonchev–Trinajstić information content (AvgIpc) is 3.62. The van der Waals surface area contributed by atoms with Crippen molar-refractivity contribution < 1.29 is 14.4 Å². The lowest BCUT2D eigenvalue weighted by Crippen LogP contribution is -2.46. The van der Waals surface area contributed by atoms with Gasteiger partial charge >= 0.3 is 5.69 Å². The standard InChI is InChI=1S/C35H42N8O4/c1-20(37-19-30(44)43-26(18-36)15-25-16-29(25)43)17-35(33-38-34(47)42(6)39-33)27-11-9-23(31(45)40(2)3)13-21(27)7-8-22-14-24(10-12-28(22)35)32(46)41(4)5/h9-14,20,25-26,29,37H,7-8,15-17,19H2,1-6H3,(H,38,39,47)/t20-,25-,26?,29+/m1/s1. The van der Waals surface area contributed by atoms with Crippen LogP contribution in [-0.4, -0.2) is 100 Å². The van der Waals surface area contributed by atoms with Crippen LogP contribution in [0, 0.1) is 17.2 Å². The highest BCUT2D eigenvalue weighted by atomic mass is 16.2. The summed E-state index contributed by atoms with van der Waals surface area (Å²) in [6.07, 6.45) is 3.30. The molecule has 1 aromatic heterocycles. The number of piperidine rings is 1. The number of aromatic amines is 1. The van der Waals surface area contributed by atoms with E-state index in [1.165, 1.54) is 4.68 Å². The molecule has 0 spiro atoms. The molecule has 1 saturated heterocycles. The van der Waals surface area contributed by atoms with Crippen LogP contribution in [0.3, 0.4) is 0 Å². The van der Waals surface area contributed by atoms with Crippen molar-refractivity contribution in [1.29, 1.82) is 5.26 Å². The Morgan fingerprint density at radius 1 is 1.02 bits per heavy atom. The summed E-state index contributed by atoms with van der Waals surface area (Å²) in [5, 5.41) is 17.8. The van der Waals surface area contributed by atoms with Gasteiger partial charge in [-0.3, -0.25) is 19.4 Å². The molecule has 246 valence electrons. The molecule has 12 nitrogen and oxygen atoms in total. The minimum Gasteiger partial charge on any atom is -0.345 e. The number of rotatable bonds is 8. The van der Waals surface area contributed by atoms with Crippen molar-refractivity contribution in [1.82, 2.24) is 34.8 Å². The van der Waals surface area contributed by atoms with Crippen LogP contribution in [0.4, 0.5) is 0 Å². The number of nitrogens with zero attached hydrogens (tertiary/aromatic N) is 6. The largest absolute Gasteiger partial charge is 0.345 e. The van der Waals surface area contributed by atoms with Crippen LogP contribution >= 0.6 is 0 Å². The van der Waals surface area contributed by atoms with E-state index in [1.807, 2.05) is 43.3 Å². The molecule has 2 fully saturated rings. The molecule has 0 radical (unpaired) electrons. The molecule has 0 bridgehead atoms. The van der Waals surface area contributed by atoms with Crippen molar-refractivity contribution in [3.8, 4) is 6.07 Å². The predicted molar refractivity (Wildman–Crippen MR) is 175 cm³/mol. The van der Waals surface area contributed by atoms with E-state index in [-0.39, 0.29) is 48.1 Å². The molecule has 1 aliphatic heterocycles. The van der Waals surface area contributed by atoms with Crippen LogP contribution in [0.25, 0.3) is 0 Å². The van der Waals surface area contributed by atoms with E-state index in [0.29, 0.717) is 42.1 Å². The minimum absolute atomic E-state index is 0.0731. The van der Waals surface area contributed by atoms with E-state index < -0.39 is 5.41 Å². The maximum atomic E-state index is 13.4. The zero-order chi connectivity index (χ0) is 33.8. The molecular formula is C35H42N8O4. The van der Waals surface area contributed by atoms with Crippen LogP contribution in [0.5, 0.6) is 0 Å². The van der Waals surface area contributed by atoms with Crippen molar-refractivity contribution in [3.05, 3.63) is 86.1 Å². The fourth-order valence-electron chi connectivity index (χ4n) is 7.61. The van der Waals surface area contributed by atoms with Gasteiger partial charge < -0.3 is 20.0 Å². The molecule has 47 heavy (non-hydrogen) atoms. The second-order valence-electron chi connectivity index (χ2n) is 13.7. The van der Waals surface area contributed by atoms with Crippen molar-refractivity contribution in [3.63, 3.8) is 0 Å². The van der Waals surface area contributed by atoms with E-state index in [9.17, 15) is 24.4 Å². The van der Waals surface area contributed by atoms with E-state index in [0.717, 1.165) is 35.1 Å².